The zero-order valence-electron chi connectivity index (χ0n) is 10.8. The van der Waals surface area contributed by atoms with Crippen molar-refractivity contribution in [2.24, 2.45) is 0 Å². The summed E-state index contributed by atoms with van der Waals surface area (Å²) in [6.07, 6.45) is 1.10. The second-order valence-corrected chi connectivity index (χ2v) is 6.66. The van der Waals surface area contributed by atoms with E-state index < -0.39 is 10.0 Å². The Morgan fingerprint density at radius 1 is 1.53 bits per heavy atom. The van der Waals surface area contributed by atoms with E-state index in [-0.39, 0.29) is 11.2 Å². The molecule has 2 heterocycles. The Hall–Kier alpha value is -1.05. The normalized spacial score (nSPS) is 20.4. The highest BCUT2D eigenvalue weighted by Crippen LogP contribution is 2.24. The van der Waals surface area contributed by atoms with E-state index in [1.807, 2.05) is 11.8 Å². The van der Waals surface area contributed by atoms with Gasteiger partial charge in [0.1, 0.15) is 11.0 Å². The fourth-order valence-corrected chi connectivity index (χ4v) is 2.72. The molecular formula is C11H16ClN3O3S. The van der Waals surface area contributed by atoms with Gasteiger partial charge in [0.15, 0.2) is 0 Å². The Kier molecular flexibility index (Phi) is 4.17. The molecule has 19 heavy (non-hydrogen) atoms. The zero-order chi connectivity index (χ0) is 14.0. The molecule has 2 rings (SSSR count). The maximum absolute atomic E-state index is 11.3. The van der Waals surface area contributed by atoms with Gasteiger partial charge in [-0.1, -0.05) is 11.6 Å². The van der Waals surface area contributed by atoms with Gasteiger partial charge in [0.25, 0.3) is 0 Å². The Labute approximate surface area is 117 Å². The van der Waals surface area contributed by atoms with E-state index in [2.05, 4.69) is 9.71 Å². The highest BCUT2D eigenvalue weighted by molar-refractivity contribution is 7.92. The van der Waals surface area contributed by atoms with Crippen LogP contribution in [0.3, 0.4) is 0 Å². The van der Waals surface area contributed by atoms with Crippen molar-refractivity contribution in [3.8, 4) is 0 Å². The number of aromatic nitrogens is 1. The fourth-order valence-electron chi connectivity index (χ4n) is 1.97. The lowest BCUT2D eigenvalue weighted by Crippen LogP contribution is -2.44. The van der Waals surface area contributed by atoms with Gasteiger partial charge in [-0.2, -0.15) is 0 Å². The molecule has 1 aliphatic rings. The number of morpholine rings is 1. The lowest BCUT2D eigenvalue weighted by Gasteiger charge is -2.34. The van der Waals surface area contributed by atoms with Gasteiger partial charge in [0.05, 0.1) is 31.2 Å². The minimum absolute atomic E-state index is 0.172. The molecule has 1 fully saturated rings. The maximum atomic E-state index is 11.3. The minimum Gasteiger partial charge on any atom is -0.377 e. The van der Waals surface area contributed by atoms with Crippen molar-refractivity contribution in [3.63, 3.8) is 0 Å². The molecule has 0 spiro atoms. The van der Waals surface area contributed by atoms with Crippen molar-refractivity contribution < 1.29 is 13.2 Å². The molecule has 1 unspecified atom stereocenters. The van der Waals surface area contributed by atoms with Crippen LogP contribution in [0, 0.1) is 0 Å². The number of rotatable bonds is 3. The second kappa shape index (κ2) is 5.52. The van der Waals surface area contributed by atoms with Crippen molar-refractivity contribution in [2.45, 2.75) is 13.0 Å². The van der Waals surface area contributed by atoms with Gasteiger partial charge in [0.2, 0.25) is 10.0 Å². The third kappa shape index (κ3) is 3.95. The van der Waals surface area contributed by atoms with Crippen LogP contribution in [0.4, 0.5) is 11.5 Å². The van der Waals surface area contributed by atoms with Crippen LogP contribution in [0.1, 0.15) is 6.92 Å². The van der Waals surface area contributed by atoms with Gasteiger partial charge >= 0.3 is 0 Å². The highest BCUT2D eigenvalue weighted by atomic mass is 35.5. The van der Waals surface area contributed by atoms with E-state index in [0.29, 0.717) is 31.3 Å². The zero-order valence-corrected chi connectivity index (χ0v) is 12.3. The Morgan fingerprint density at radius 3 is 2.89 bits per heavy atom. The molecule has 106 valence electrons. The quantitative estimate of drug-likeness (QED) is 0.853. The van der Waals surface area contributed by atoms with E-state index in [0.717, 1.165) is 6.26 Å². The van der Waals surface area contributed by atoms with Crippen molar-refractivity contribution in [2.75, 3.05) is 35.6 Å². The lowest BCUT2D eigenvalue weighted by molar-refractivity contribution is 0.0985. The minimum atomic E-state index is -3.33. The monoisotopic (exact) mass is 305 g/mol. The van der Waals surface area contributed by atoms with Crippen LogP contribution in [0.15, 0.2) is 12.1 Å². The van der Waals surface area contributed by atoms with Gasteiger partial charge in [-0.05, 0) is 13.0 Å². The Bertz CT molecular complexity index is 564. The molecular weight excluding hydrogens is 290 g/mol. The molecule has 0 radical (unpaired) electrons. The van der Waals surface area contributed by atoms with Crippen molar-refractivity contribution in [1.82, 2.24) is 4.98 Å². The lowest BCUT2D eigenvalue weighted by atomic mass is 10.2. The summed E-state index contributed by atoms with van der Waals surface area (Å²) in [5.41, 5.74) is 0.413. The van der Waals surface area contributed by atoms with Gasteiger partial charge in [-0.3, -0.25) is 4.72 Å². The number of hydrogen-bond acceptors (Lipinski definition) is 5. The largest absolute Gasteiger partial charge is 0.377 e. The smallest absolute Gasteiger partial charge is 0.229 e. The molecule has 1 aromatic rings. The first-order valence-corrected chi connectivity index (χ1v) is 8.12. The number of sulfonamides is 1. The van der Waals surface area contributed by atoms with Crippen molar-refractivity contribution in [3.05, 3.63) is 17.3 Å². The summed E-state index contributed by atoms with van der Waals surface area (Å²) in [4.78, 5) is 6.28. The molecule has 1 N–H and O–H groups in total. The molecule has 1 aliphatic heterocycles. The van der Waals surface area contributed by atoms with Gasteiger partial charge in [-0.25, -0.2) is 13.4 Å². The number of nitrogens with one attached hydrogen (secondary N) is 1. The first-order valence-electron chi connectivity index (χ1n) is 5.85. The van der Waals surface area contributed by atoms with E-state index >= 15 is 0 Å². The van der Waals surface area contributed by atoms with Crippen molar-refractivity contribution >= 4 is 33.1 Å². The van der Waals surface area contributed by atoms with Crippen LogP contribution in [-0.2, 0) is 14.8 Å². The van der Waals surface area contributed by atoms with Crippen LogP contribution in [0.25, 0.3) is 0 Å². The summed E-state index contributed by atoms with van der Waals surface area (Å²) in [6.45, 7) is 3.95. The molecule has 0 amide bonds. The fraction of sp³-hybridized carbons (Fsp3) is 0.545. The third-order valence-corrected chi connectivity index (χ3v) is 3.55. The first-order chi connectivity index (χ1) is 8.85. The average Bonchev–Trinajstić information content (AvgIpc) is 2.26. The summed E-state index contributed by atoms with van der Waals surface area (Å²) < 4.78 is 30.3. The van der Waals surface area contributed by atoms with Crippen LogP contribution >= 0.6 is 11.6 Å². The molecule has 8 heteroatoms. The predicted molar refractivity (Wildman–Crippen MR) is 75.3 cm³/mol. The summed E-state index contributed by atoms with van der Waals surface area (Å²) >= 11 is 5.94. The van der Waals surface area contributed by atoms with Gasteiger partial charge < -0.3 is 9.64 Å². The average molecular weight is 306 g/mol. The van der Waals surface area contributed by atoms with Crippen LogP contribution in [0.5, 0.6) is 0 Å². The SMILES string of the molecule is CC1COCCN1c1cc(NS(C)(=O)=O)cc(Cl)n1. The highest BCUT2D eigenvalue weighted by Gasteiger charge is 2.21. The van der Waals surface area contributed by atoms with Crippen LogP contribution < -0.4 is 9.62 Å². The molecule has 0 saturated carbocycles. The number of halogens is 1. The predicted octanol–water partition coefficient (Wildman–Crippen LogP) is 1.33. The maximum Gasteiger partial charge on any atom is 0.229 e. The summed E-state index contributed by atoms with van der Waals surface area (Å²) in [5.74, 6) is 0.648. The molecule has 6 nitrogen and oxygen atoms in total. The Morgan fingerprint density at radius 2 is 2.26 bits per heavy atom. The number of pyridine rings is 1. The van der Waals surface area contributed by atoms with Crippen molar-refractivity contribution in [1.29, 1.82) is 0 Å². The number of hydrogen-bond donors (Lipinski definition) is 1. The summed E-state index contributed by atoms with van der Waals surface area (Å²) in [6, 6.07) is 3.33. The molecule has 0 aliphatic carbocycles. The number of nitrogens with zero attached hydrogens (tertiary/aromatic N) is 2. The Balaban J connectivity index is 2.30. The summed E-state index contributed by atoms with van der Waals surface area (Å²) in [5, 5.41) is 0.252. The van der Waals surface area contributed by atoms with E-state index in [9.17, 15) is 8.42 Å². The number of ether oxygens (including phenoxy) is 1. The van der Waals surface area contributed by atoms with Crippen LogP contribution in [-0.4, -0.2) is 45.5 Å². The molecule has 0 aromatic carbocycles. The van der Waals surface area contributed by atoms with Gasteiger partial charge in [0, 0.05) is 12.6 Å². The van der Waals surface area contributed by atoms with E-state index in [4.69, 9.17) is 16.3 Å². The van der Waals surface area contributed by atoms with E-state index in [1.165, 1.54) is 6.07 Å². The van der Waals surface area contributed by atoms with Gasteiger partial charge in [-0.15, -0.1) is 0 Å². The van der Waals surface area contributed by atoms with E-state index in [1.54, 1.807) is 6.07 Å². The molecule has 0 bridgehead atoms. The number of anilines is 2. The molecule has 1 atom stereocenters. The molecule has 1 saturated heterocycles. The topological polar surface area (TPSA) is 71.5 Å². The standard InChI is InChI=1S/C11H16ClN3O3S/c1-8-7-18-4-3-15(8)11-6-9(5-10(12)13-11)14-19(2,16)17/h5-6,8H,3-4,7H2,1-2H3,(H,13,14). The second-order valence-electron chi connectivity index (χ2n) is 4.53. The summed E-state index contributed by atoms with van der Waals surface area (Å²) in [7, 11) is -3.33. The third-order valence-electron chi connectivity index (χ3n) is 2.75. The van der Waals surface area contributed by atoms with Crippen LogP contribution in [0.2, 0.25) is 5.15 Å². The first kappa shape index (κ1) is 14.4. The molecule has 1 aromatic heterocycles.